The Morgan fingerprint density at radius 2 is 2.15 bits per heavy atom. The average Bonchev–Trinajstić information content (AvgIpc) is 2.39. The normalized spacial score (nSPS) is 23.8. The standard InChI is InChI=1S/C15H22N2O3/c1-15(2)12(8-13(15)18)16-10-5-4-6-11(7-10)17-14(19)9-20-3/h4-7,12-13,16,18H,8-9H2,1-3H3,(H,17,19). The van der Waals surface area contributed by atoms with Gasteiger partial charge in [0.25, 0.3) is 0 Å². The minimum absolute atomic E-state index is 0.0412. The van der Waals surface area contributed by atoms with Crippen molar-refractivity contribution in [1.82, 2.24) is 0 Å². The van der Waals surface area contributed by atoms with Gasteiger partial charge < -0.3 is 20.5 Å². The molecule has 5 heteroatoms. The summed E-state index contributed by atoms with van der Waals surface area (Å²) in [5.74, 6) is -0.177. The Hall–Kier alpha value is -1.59. The van der Waals surface area contributed by atoms with Crippen molar-refractivity contribution in [2.45, 2.75) is 32.4 Å². The Balaban J connectivity index is 1.98. The van der Waals surface area contributed by atoms with Gasteiger partial charge in [0, 0.05) is 29.9 Å². The summed E-state index contributed by atoms with van der Waals surface area (Å²) in [4.78, 5) is 11.5. The number of aliphatic hydroxyl groups is 1. The van der Waals surface area contributed by atoms with Gasteiger partial charge in [0.05, 0.1) is 6.10 Å². The van der Waals surface area contributed by atoms with Crippen molar-refractivity contribution in [3.05, 3.63) is 24.3 Å². The number of carbonyl (C=O) groups is 1. The van der Waals surface area contributed by atoms with E-state index in [1.54, 1.807) is 0 Å². The first kappa shape index (κ1) is 14.8. The fraction of sp³-hybridized carbons (Fsp3) is 0.533. The maximum atomic E-state index is 11.5. The molecule has 0 heterocycles. The van der Waals surface area contributed by atoms with E-state index in [0.717, 1.165) is 17.8 Å². The molecule has 3 N–H and O–H groups in total. The van der Waals surface area contributed by atoms with Crippen LogP contribution in [0.15, 0.2) is 24.3 Å². The van der Waals surface area contributed by atoms with Crippen LogP contribution in [-0.4, -0.2) is 36.9 Å². The molecule has 1 aromatic carbocycles. The molecule has 0 aliphatic heterocycles. The summed E-state index contributed by atoms with van der Waals surface area (Å²) in [7, 11) is 1.49. The highest BCUT2D eigenvalue weighted by molar-refractivity contribution is 5.92. The van der Waals surface area contributed by atoms with Crippen molar-refractivity contribution < 1.29 is 14.6 Å². The molecule has 1 aliphatic carbocycles. The summed E-state index contributed by atoms with van der Waals surface area (Å²) in [5.41, 5.74) is 1.54. The number of carbonyl (C=O) groups excluding carboxylic acids is 1. The predicted molar refractivity (Wildman–Crippen MR) is 78.8 cm³/mol. The summed E-state index contributed by atoms with van der Waals surface area (Å²) < 4.78 is 4.78. The third-order valence-corrected chi connectivity index (χ3v) is 3.98. The highest BCUT2D eigenvalue weighted by atomic mass is 16.5. The lowest BCUT2D eigenvalue weighted by atomic mass is 9.64. The summed E-state index contributed by atoms with van der Waals surface area (Å²) in [6.07, 6.45) is 0.484. The van der Waals surface area contributed by atoms with Crippen LogP contribution in [0.5, 0.6) is 0 Å². The summed E-state index contributed by atoms with van der Waals surface area (Å²) in [6, 6.07) is 7.79. The summed E-state index contributed by atoms with van der Waals surface area (Å²) >= 11 is 0. The molecule has 0 radical (unpaired) electrons. The third kappa shape index (κ3) is 3.11. The first-order chi connectivity index (χ1) is 9.43. The van der Waals surface area contributed by atoms with Gasteiger partial charge in [-0.1, -0.05) is 19.9 Å². The van der Waals surface area contributed by atoms with Gasteiger partial charge in [-0.2, -0.15) is 0 Å². The zero-order chi connectivity index (χ0) is 14.8. The van der Waals surface area contributed by atoms with Crippen LogP contribution in [0.3, 0.4) is 0 Å². The van der Waals surface area contributed by atoms with E-state index in [2.05, 4.69) is 10.6 Å². The smallest absolute Gasteiger partial charge is 0.250 e. The molecule has 0 aromatic heterocycles. The SMILES string of the molecule is COCC(=O)Nc1cccc(NC2CC(O)C2(C)C)c1. The van der Waals surface area contributed by atoms with E-state index < -0.39 is 0 Å². The molecule has 1 aliphatic rings. The van der Waals surface area contributed by atoms with Gasteiger partial charge in [0.15, 0.2) is 0 Å². The van der Waals surface area contributed by atoms with Gasteiger partial charge in [-0.05, 0) is 24.6 Å². The Labute approximate surface area is 119 Å². The molecule has 1 fully saturated rings. The monoisotopic (exact) mass is 278 g/mol. The number of rotatable bonds is 5. The molecule has 2 unspecified atom stereocenters. The molecule has 2 rings (SSSR count). The van der Waals surface area contributed by atoms with E-state index in [-0.39, 0.29) is 30.1 Å². The van der Waals surface area contributed by atoms with Gasteiger partial charge in [-0.3, -0.25) is 4.79 Å². The maximum absolute atomic E-state index is 11.5. The van der Waals surface area contributed by atoms with Gasteiger partial charge in [-0.25, -0.2) is 0 Å². The first-order valence-electron chi connectivity index (χ1n) is 6.77. The molecule has 2 atom stereocenters. The first-order valence-corrected chi connectivity index (χ1v) is 6.77. The van der Waals surface area contributed by atoms with Gasteiger partial charge >= 0.3 is 0 Å². The number of methoxy groups -OCH3 is 1. The van der Waals surface area contributed by atoms with E-state index in [4.69, 9.17) is 4.74 Å². The van der Waals surface area contributed by atoms with Crippen molar-refractivity contribution in [3.8, 4) is 0 Å². The lowest BCUT2D eigenvalue weighted by Crippen LogP contribution is -2.56. The number of aliphatic hydroxyl groups excluding tert-OH is 1. The van der Waals surface area contributed by atoms with Crippen LogP contribution in [0.25, 0.3) is 0 Å². The molecule has 0 spiro atoms. The fourth-order valence-electron chi connectivity index (χ4n) is 2.36. The number of hydrogen-bond donors (Lipinski definition) is 3. The van der Waals surface area contributed by atoms with Crippen LogP contribution in [0.2, 0.25) is 0 Å². The zero-order valence-electron chi connectivity index (χ0n) is 12.1. The molecule has 5 nitrogen and oxygen atoms in total. The summed E-state index contributed by atoms with van der Waals surface area (Å²) in [6.45, 7) is 4.13. The molecule has 0 saturated heterocycles. The molecule has 110 valence electrons. The number of nitrogens with one attached hydrogen (secondary N) is 2. The van der Waals surface area contributed by atoms with Gasteiger partial charge in [-0.15, -0.1) is 0 Å². The van der Waals surface area contributed by atoms with Crippen molar-refractivity contribution in [3.63, 3.8) is 0 Å². The fourth-order valence-corrected chi connectivity index (χ4v) is 2.36. The zero-order valence-corrected chi connectivity index (χ0v) is 12.1. The number of amides is 1. The second-order valence-corrected chi connectivity index (χ2v) is 5.83. The second-order valence-electron chi connectivity index (χ2n) is 5.83. The Morgan fingerprint density at radius 1 is 1.45 bits per heavy atom. The topological polar surface area (TPSA) is 70.6 Å². The van der Waals surface area contributed by atoms with Crippen LogP contribution >= 0.6 is 0 Å². The van der Waals surface area contributed by atoms with Gasteiger partial charge in [0.1, 0.15) is 6.61 Å². The number of ether oxygens (including phenoxy) is 1. The van der Waals surface area contributed by atoms with Crippen LogP contribution in [0.4, 0.5) is 11.4 Å². The van der Waals surface area contributed by atoms with E-state index in [0.29, 0.717) is 0 Å². The van der Waals surface area contributed by atoms with Crippen LogP contribution in [-0.2, 0) is 9.53 Å². The Morgan fingerprint density at radius 3 is 2.75 bits per heavy atom. The molecule has 0 bridgehead atoms. The predicted octanol–water partition coefficient (Wildman–Crippen LogP) is 1.84. The number of anilines is 2. The van der Waals surface area contributed by atoms with Crippen molar-refractivity contribution in [2.24, 2.45) is 5.41 Å². The molecule has 1 saturated carbocycles. The Bertz CT molecular complexity index is 488. The van der Waals surface area contributed by atoms with Crippen molar-refractivity contribution in [1.29, 1.82) is 0 Å². The largest absolute Gasteiger partial charge is 0.392 e. The van der Waals surface area contributed by atoms with Crippen LogP contribution in [0.1, 0.15) is 20.3 Å². The minimum Gasteiger partial charge on any atom is -0.392 e. The number of hydrogen-bond acceptors (Lipinski definition) is 4. The molecule has 1 amide bonds. The minimum atomic E-state index is -0.260. The van der Waals surface area contributed by atoms with E-state index in [1.165, 1.54) is 7.11 Å². The molecule has 1 aromatic rings. The van der Waals surface area contributed by atoms with E-state index in [1.807, 2.05) is 38.1 Å². The highest BCUT2D eigenvalue weighted by Crippen LogP contribution is 2.42. The lowest BCUT2D eigenvalue weighted by Gasteiger charge is -2.49. The average molecular weight is 278 g/mol. The third-order valence-electron chi connectivity index (χ3n) is 3.98. The van der Waals surface area contributed by atoms with Crippen molar-refractivity contribution in [2.75, 3.05) is 24.4 Å². The quantitative estimate of drug-likeness (QED) is 0.768. The highest BCUT2D eigenvalue weighted by Gasteiger charge is 2.47. The van der Waals surface area contributed by atoms with E-state index in [9.17, 15) is 9.90 Å². The number of benzene rings is 1. The Kier molecular flexibility index (Phi) is 4.30. The lowest BCUT2D eigenvalue weighted by molar-refractivity contribution is -0.119. The molecular formula is C15H22N2O3. The van der Waals surface area contributed by atoms with Crippen molar-refractivity contribution >= 4 is 17.3 Å². The second kappa shape index (κ2) is 5.81. The summed E-state index contributed by atoms with van der Waals surface area (Å²) in [5, 5.41) is 15.9. The van der Waals surface area contributed by atoms with Crippen LogP contribution < -0.4 is 10.6 Å². The molecular weight excluding hydrogens is 256 g/mol. The van der Waals surface area contributed by atoms with Gasteiger partial charge in [0.2, 0.25) is 5.91 Å². The molecule has 20 heavy (non-hydrogen) atoms. The van der Waals surface area contributed by atoms with Crippen LogP contribution in [0, 0.1) is 5.41 Å². The maximum Gasteiger partial charge on any atom is 0.250 e. The van der Waals surface area contributed by atoms with E-state index >= 15 is 0 Å².